The summed E-state index contributed by atoms with van der Waals surface area (Å²) in [6.45, 7) is 12.3. The average Bonchev–Trinajstić information content (AvgIpc) is 3.29. The van der Waals surface area contributed by atoms with Crippen LogP contribution in [0.15, 0.2) is 6.07 Å². The molecule has 0 unspecified atom stereocenters. The van der Waals surface area contributed by atoms with E-state index in [2.05, 4.69) is 37.1 Å². The lowest BCUT2D eigenvalue weighted by molar-refractivity contribution is -0.127. The highest BCUT2D eigenvalue weighted by atomic mass is 16.5. The number of hydrogen-bond acceptors (Lipinski definition) is 6. The first kappa shape index (κ1) is 22.5. The number of hydrogen-bond donors (Lipinski definition) is 1. The van der Waals surface area contributed by atoms with Gasteiger partial charge in [-0.15, -0.1) is 0 Å². The van der Waals surface area contributed by atoms with Gasteiger partial charge in [-0.1, -0.05) is 0 Å². The van der Waals surface area contributed by atoms with Crippen molar-refractivity contribution in [1.82, 2.24) is 19.8 Å². The molecule has 0 radical (unpaired) electrons. The number of ether oxygens (including phenoxy) is 1. The normalized spacial score (nSPS) is 18.6. The third kappa shape index (κ3) is 4.18. The Kier molecular flexibility index (Phi) is 6.38. The van der Waals surface area contributed by atoms with Crippen molar-refractivity contribution < 1.29 is 9.53 Å². The number of methoxy groups -OCH3 is 1. The molecule has 1 aromatic heterocycles. The lowest BCUT2D eigenvalue weighted by Gasteiger charge is -2.31. The first-order chi connectivity index (χ1) is 15.3. The Bertz CT molecular complexity index is 1040. The van der Waals surface area contributed by atoms with E-state index in [4.69, 9.17) is 14.7 Å². The molecule has 2 aliphatic heterocycles. The second-order valence-corrected chi connectivity index (χ2v) is 9.14. The second-order valence-electron chi connectivity index (χ2n) is 9.14. The van der Waals surface area contributed by atoms with E-state index in [1.807, 2.05) is 11.9 Å². The summed E-state index contributed by atoms with van der Waals surface area (Å²) in [6.07, 6.45) is 1.86. The fraction of sp³-hybridized carbons (Fsp3) is 0.560. The predicted octanol–water partition coefficient (Wildman–Crippen LogP) is 3.35. The number of carbonyl (C=O) groups is 1. The Morgan fingerprint density at radius 3 is 2.66 bits per heavy atom. The summed E-state index contributed by atoms with van der Waals surface area (Å²) in [7, 11) is 3.67. The molecule has 7 heteroatoms. The maximum Gasteiger partial charge on any atom is 0.219 e. The molecule has 1 N–H and O–H groups in total. The number of fused-ring (bicyclic) bond motifs is 1. The molecule has 1 saturated heterocycles. The molecule has 3 heterocycles. The van der Waals surface area contributed by atoms with Crippen LogP contribution in [0.2, 0.25) is 0 Å². The number of nitrogens with one attached hydrogen (secondary N) is 1. The number of carbonyl (C=O) groups excluding carboxylic acids is 1. The molecular formula is C25H35N5O2. The van der Waals surface area contributed by atoms with Gasteiger partial charge in [0.2, 0.25) is 5.91 Å². The van der Waals surface area contributed by atoms with Crippen LogP contribution in [0.4, 0.5) is 5.82 Å². The van der Waals surface area contributed by atoms with Crippen molar-refractivity contribution in [2.75, 3.05) is 39.1 Å². The number of nitrogens with zero attached hydrogens (tertiary/aromatic N) is 4. The van der Waals surface area contributed by atoms with Gasteiger partial charge in [-0.25, -0.2) is 9.97 Å². The van der Waals surface area contributed by atoms with Crippen molar-refractivity contribution in [2.24, 2.45) is 0 Å². The molecule has 172 valence electrons. The summed E-state index contributed by atoms with van der Waals surface area (Å²) < 4.78 is 5.55. The summed E-state index contributed by atoms with van der Waals surface area (Å²) >= 11 is 0. The molecule has 0 saturated carbocycles. The van der Waals surface area contributed by atoms with Crippen LogP contribution in [-0.4, -0.2) is 59.5 Å². The van der Waals surface area contributed by atoms with Gasteiger partial charge >= 0.3 is 0 Å². The third-order valence-corrected chi connectivity index (χ3v) is 7.21. The molecule has 2 aliphatic rings. The van der Waals surface area contributed by atoms with Crippen LogP contribution in [0.1, 0.15) is 58.6 Å². The van der Waals surface area contributed by atoms with E-state index in [-0.39, 0.29) is 11.8 Å². The molecule has 1 fully saturated rings. The van der Waals surface area contributed by atoms with E-state index in [0.717, 1.165) is 62.1 Å². The molecule has 0 aliphatic carbocycles. The van der Waals surface area contributed by atoms with E-state index in [1.54, 1.807) is 14.0 Å². The first-order valence-electron chi connectivity index (χ1n) is 11.5. The highest BCUT2D eigenvalue weighted by Gasteiger charge is 2.30. The standard InChI is InChI=1S/C25H35N5O2/c1-15-11-23(32-6)17(3)16(2)21(15)13-29-9-8-20-22(14-29)27-24(28-25(20)26-5)19-7-10-30(12-19)18(4)31/h11,19H,7-10,12-14H2,1-6H3,(H,26,27,28)/t19-/m0/s1. The monoisotopic (exact) mass is 437 g/mol. The van der Waals surface area contributed by atoms with Gasteiger partial charge in [0.1, 0.15) is 17.4 Å². The summed E-state index contributed by atoms with van der Waals surface area (Å²) in [5.41, 5.74) is 7.51. The quantitative estimate of drug-likeness (QED) is 0.774. The first-order valence-corrected chi connectivity index (χ1v) is 11.5. The average molecular weight is 438 g/mol. The minimum Gasteiger partial charge on any atom is -0.496 e. The summed E-state index contributed by atoms with van der Waals surface area (Å²) in [5.74, 6) is 3.11. The summed E-state index contributed by atoms with van der Waals surface area (Å²) in [6, 6.07) is 2.15. The number of rotatable bonds is 5. The van der Waals surface area contributed by atoms with Crippen LogP contribution < -0.4 is 10.1 Å². The van der Waals surface area contributed by atoms with Crippen molar-refractivity contribution in [3.8, 4) is 5.75 Å². The number of anilines is 1. The van der Waals surface area contributed by atoms with Gasteiger partial charge in [0.05, 0.1) is 12.8 Å². The minimum absolute atomic E-state index is 0.131. The number of aryl methyl sites for hydroxylation is 1. The number of likely N-dealkylation sites (tertiary alicyclic amines) is 1. The van der Waals surface area contributed by atoms with Crippen molar-refractivity contribution in [2.45, 2.75) is 59.5 Å². The zero-order chi connectivity index (χ0) is 23.0. The van der Waals surface area contributed by atoms with Gasteiger partial charge in [-0.05, 0) is 61.9 Å². The molecule has 1 atom stereocenters. The van der Waals surface area contributed by atoms with Crippen molar-refractivity contribution >= 4 is 11.7 Å². The Morgan fingerprint density at radius 1 is 1.22 bits per heavy atom. The zero-order valence-corrected chi connectivity index (χ0v) is 20.2. The van der Waals surface area contributed by atoms with Crippen LogP contribution >= 0.6 is 0 Å². The van der Waals surface area contributed by atoms with Gasteiger partial charge < -0.3 is 15.0 Å². The maximum absolute atomic E-state index is 11.8. The van der Waals surface area contributed by atoms with Crippen LogP contribution in [0.5, 0.6) is 5.75 Å². The van der Waals surface area contributed by atoms with Crippen LogP contribution in [0.25, 0.3) is 0 Å². The highest BCUT2D eigenvalue weighted by molar-refractivity contribution is 5.73. The molecule has 1 amide bonds. The Hall–Kier alpha value is -2.67. The molecule has 0 spiro atoms. The predicted molar refractivity (Wildman–Crippen MR) is 126 cm³/mol. The summed E-state index contributed by atoms with van der Waals surface area (Å²) in [4.78, 5) is 26.0. The van der Waals surface area contributed by atoms with Crippen LogP contribution in [0.3, 0.4) is 0 Å². The SMILES string of the molecule is CNc1nc([C@H]2CCN(C(C)=O)C2)nc2c1CCN(Cc1c(C)cc(OC)c(C)c1C)C2. The van der Waals surface area contributed by atoms with E-state index < -0.39 is 0 Å². The van der Waals surface area contributed by atoms with E-state index in [0.29, 0.717) is 6.54 Å². The van der Waals surface area contributed by atoms with Crippen LogP contribution in [0, 0.1) is 20.8 Å². The Labute approximate surface area is 191 Å². The summed E-state index contributed by atoms with van der Waals surface area (Å²) in [5, 5.41) is 3.29. The lowest BCUT2D eigenvalue weighted by atomic mass is 9.96. The third-order valence-electron chi connectivity index (χ3n) is 7.21. The zero-order valence-electron chi connectivity index (χ0n) is 20.2. The molecule has 32 heavy (non-hydrogen) atoms. The lowest BCUT2D eigenvalue weighted by Crippen LogP contribution is -2.33. The smallest absolute Gasteiger partial charge is 0.219 e. The number of benzene rings is 1. The molecule has 7 nitrogen and oxygen atoms in total. The van der Waals surface area contributed by atoms with E-state index in [1.165, 1.54) is 27.8 Å². The fourth-order valence-electron chi connectivity index (χ4n) is 5.06. The Balaban J connectivity index is 1.58. The van der Waals surface area contributed by atoms with Gasteiger partial charge in [-0.2, -0.15) is 0 Å². The van der Waals surface area contributed by atoms with Crippen molar-refractivity contribution in [1.29, 1.82) is 0 Å². The van der Waals surface area contributed by atoms with Gasteiger partial charge in [0.25, 0.3) is 0 Å². The van der Waals surface area contributed by atoms with Crippen molar-refractivity contribution in [3.63, 3.8) is 0 Å². The van der Waals surface area contributed by atoms with Gasteiger partial charge in [0, 0.05) is 58.2 Å². The number of aromatic nitrogens is 2. The largest absolute Gasteiger partial charge is 0.496 e. The second kappa shape index (κ2) is 9.06. The maximum atomic E-state index is 11.8. The van der Waals surface area contributed by atoms with Crippen LogP contribution in [-0.2, 0) is 24.3 Å². The Morgan fingerprint density at radius 2 is 2.00 bits per heavy atom. The molecule has 4 rings (SSSR count). The van der Waals surface area contributed by atoms with Crippen molar-refractivity contribution in [3.05, 3.63) is 45.4 Å². The highest BCUT2D eigenvalue weighted by Crippen LogP contribution is 2.32. The number of amides is 1. The molecule has 0 bridgehead atoms. The molecule has 1 aromatic carbocycles. The fourth-order valence-corrected chi connectivity index (χ4v) is 5.06. The van der Waals surface area contributed by atoms with Gasteiger partial charge in [0.15, 0.2) is 0 Å². The topological polar surface area (TPSA) is 70.6 Å². The minimum atomic E-state index is 0.131. The van der Waals surface area contributed by atoms with E-state index in [9.17, 15) is 4.79 Å². The van der Waals surface area contributed by atoms with E-state index >= 15 is 0 Å². The van der Waals surface area contributed by atoms with Gasteiger partial charge in [-0.3, -0.25) is 9.69 Å². The molecular weight excluding hydrogens is 402 g/mol. The molecule has 2 aromatic rings.